The molecule has 0 saturated heterocycles. The fourth-order valence-corrected chi connectivity index (χ4v) is 3.83. The molecule has 1 aromatic carbocycles. The lowest BCUT2D eigenvalue weighted by molar-refractivity contribution is 0.567. The van der Waals surface area contributed by atoms with Gasteiger partial charge < -0.3 is 11.1 Å². The maximum absolute atomic E-state index is 13.5. The van der Waals surface area contributed by atoms with Crippen LogP contribution < -0.4 is 11.1 Å². The average molecular weight is 483 g/mol. The Balaban J connectivity index is 0.00000288. The zero-order chi connectivity index (χ0) is 16.7. The van der Waals surface area contributed by atoms with Gasteiger partial charge in [-0.25, -0.2) is 12.8 Å². The zero-order valence-corrected chi connectivity index (χ0v) is 16.8. The van der Waals surface area contributed by atoms with Crippen LogP contribution in [0.5, 0.6) is 0 Å². The molecular weight excluding hydrogens is 464 g/mol. The molecule has 9 heteroatoms. The van der Waals surface area contributed by atoms with Gasteiger partial charge >= 0.3 is 0 Å². The standard InChI is InChI=1S/C15H18FN3O2S2.HI/c16-13-5-1-2-6-14(13)23(20,21)11-9-19-15(17)18-8-7-12-4-3-10-22-12;/h1-6,10H,7-9,11H2,(H3,17,18,19);1H. The molecule has 0 bridgehead atoms. The first-order valence-corrected chi connectivity index (χ1v) is 9.56. The number of guanidine groups is 1. The van der Waals surface area contributed by atoms with Crippen LogP contribution in [0, 0.1) is 5.82 Å². The number of nitrogens with two attached hydrogens (primary N) is 1. The topological polar surface area (TPSA) is 84.5 Å². The van der Waals surface area contributed by atoms with Crippen LogP contribution in [0.2, 0.25) is 0 Å². The highest BCUT2D eigenvalue weighted by Gasteiger charge is 2.17. The van der Waals surface area contributed by atoms with E-state index in [1.165, 1.54) is 23.1 Å². The Hall–Kier alpha value is -1.20. The quantitative estimate of drug-likeness (QED) is 0.360. The van der Waals surface area contributed by atoms with Crippen molar-refractivity contribution in [2.24, 2.45) is 10.7 Å². The Bertz CT molecular complexity index is 765. The second kappa shape index (κ2) is 9.94. The van der Waals surface area contributed by atoms with Gasteiger partial charge in [0.05, 0.1) is 12.3 Å². The van der Waals surface area contributed by atoms with Gasteiger partial charge in [0.25, 0.3) is 0 Å². The van der Waals surface area contributed by atoms with Crippen LogP contribution in [0.1, 0.15) is 4.88 Å². The molecule has 2 aromatic rings. The smallest absolute Gasteiger partial charge is 0.188 e. The summed E-state index contributed by atoms with van der Waals surface area (Å²) in [4.78, 5) is 4.89. The molecule has 1 aromatic heterocycles. The van der Waals surface area contributed by atoms with Gasteiger partial charge in [0.1, 0.15) is 10.7 Å². The van der Waals surface area contributed by atoms with Gasteiger partial charge in [0, 0.05) is 11.4 Å². The van der Waals surface area contributed by atoms with Crippen molar-refractivity contribution < 1.29 is 12.8 Å². The highest BCUT2D eigenvalue weighted by molar-refractivity contribution is 14.0. The van der Waals surface area contributed by atoms with E-state index in [1.54, 1.807) is 11.3 Å². The molecule has 5 nitrogen and oxygen atoms in total. The molecule has 2 rings (SSSR count). The van der Waals surface area contributed by atoms with E-state index >= 15 is 0 Å². The van der Waals surface area contributed by atoms with Crippen LogP contribution in [-0.2, 0) is 16.3 Å². The molecule has 0 spiro atoms. The van der Waals surface area contributed by atoms with Crippen LogP contribution in [0.3, 0.4) is 0 Å². The number of hydrogen-bond donors (Lipinski definition) is 2. The van der Waals surface area contributed by atoms with Crippen LogP contribution in [0.25, 0.3) is 0 Å². The summed E-state index contributed by atoms with van der Waals surface area (Å²) in [6.07, 6.45) is 0.821. The fourth-order valence-electron chi connectivity index (χ4n) is 1.92. The first-order chi connectivity index (χ1) is 11.0. The van der Waals surface area contributed by atoms with Crippen LogP contribution in [0.15, 0.2) is 51.7 Å². The number of benzene rings is 1. The molecular formula is C15H19FIN3O2S2. The van der Waals surface area contributed by atoms with Crippen LogP contribution in [-0.4, -0.2) is 33.2 Å². The maximum Gasteiger partial charge on any atom is 0.188 e. The average Bonchev–Trinajstić information content (AvgIpc) is 3.00. The Morgan fingerprint density at radius 1 is 1.25 bits per heavy atom. The van der Waals surface area contributed by atoms with Crippen LogP contribution >= 0.6 is 35.3 Å². The summed E-state index contributed by atoms with van der Waals surface area (Å²) in [6.45, 7) is 0.602. The van der Waals surface area contributed by atoms with Gasteiger partial charge in [-0.2, -0.15) is 0 Å². The van der Waals surface area contributed by atoms with Gasteiger partial charge in [-0.15, -0.1) is 35.3 Å². The second-order valence-electron chi connectivity index (χ2n) is 4.77. The molecule has 0 aliphatic heterocycles. The summed E-state index contributed by atoms with van der Waals surface area (Å²) in [5.41, 5.74) is 5.68. The lowest BCUT2D eigenvalue weighted by atomic mass is 10.3. The van der Waals surface area contributed by atoms with Crippen molar-refractivity contribution in [2.75, 3.05) is 18.8 Å². The second-order valence-corrected chi connectivity index (χ2v) is 7.88. The van der Waals surface area contributed by atoms with Crippen molar-refractivity contribution in [1.29, 1.82) is 0 Å². The predicted octanol–water partition coefficient (Wildman–Crippen LogP) is 2.43. The van der Waals surface area contributed by atoms with E-state index in [1.807, 2.05) is 17.5 Å². The number of hydrogen-bond acceptors (Lipinski definition) is 4. The number of sulfone groups is 1. The minimum absolute atomic E-state index is 0. The molecule has 1 heterocycles. The third-order valence-corrected chi connectivity index (χ3v) is 5.73. The number of halogens is 2. The maximum atomic E-state index is 13.5. The highest BCUT2D eigenvalue weighted by Crippen LogP contribution is 2.15. The SMILES string of the molecule is I.NC(=NCCS(=O)(=O)c1ccccc1F)NCCc1cccs1. The Labute approximate surface area is 162 Å². The Kier molecular flexibility index (Phi) is 8.63. The van der Waals surface area contributed by atoms with Crippen molar-refractivity contribution in [2.45, 2.75) is 11.3 Å². The lowest BCUT2D eigenvalue weighted by Gasteiger charge is -2.06. The van der Waals surface area contributed by atoms with Crippen molar-refractivity contribution in [3.8, 4) is 0 Å². The normalized spacial score (nSPS) is 11.8. The molecule has 0 radical (unpaired) electrons. The molecule has 0 atom stereocenters. The van der Waals surface area contributed by atoms with Gasteiger partial charge in [-0.1, -0.05) is 18.2 Å². The van der Waals surface area contributed by atoms with Gasteiger partial charge in [0.15, 0.2) is 15.8 Å². The molecule has 0 saturated carbocycles. The number of nitrogens with one attached hydrogen (secondary N) is 1. The lowest BCUT2D eigenvalue weighted by Crippen LogP contribution is -2.33. The van der Waals surface area contributed by atoms with E-state index in [2.05, 4.69) is 10.3 Å². The predicted molar refractivity (Wildman–Crippen MR) is 106 cm³/mol. The molecule has 0 aliphatic carbocycles. The van der Waals surface area contributed by atoms with Gasteiger partial charge in [0.2, 0.25) is 0 Å². The van der Waals surface area contributed by atoms with Gasteiger partial charge in [-0.05, 0) is 30.0 Å². The number of thiophene rings is 1. The summed E-state index contributed by atoms with van der Waals surface area (Å²) < 4.78 is 37.6. The van der Waals surface area contributed by atoms with E-state index in [0.29, 0.717) is 6.54 Å². The van der Waals surface area contributed by atoms with Crippen molar-refractivity contribution in [1.82, 2.24) is 5.32 Å². The van der Waals surface area contributed by atoms with E-state index in [4.69, 9.17) is 5.73 Å². The molecule has 0 amide bonds. The van der Waals surface area contributed by atoms with E-state index in [-0.39, 0.29) is 47.1 Å². The summed E-state index contributed by atoms with van der Waals surface area (Å²) in [5.74, 6) is -0.856. The largest absolute Gasteiger partial charge is 0.370 e. The van der Waals surface area contributed by atoms with Crippen molar-refractivity contribution >= 4 is 51.1 Å². The minimum Gasteiger partial charge on any atom is -0.370 e. The first kappa shape index (κ1) is 20.8. The highest BCUT2D eigenvalue weighted by atomic mass is 127. The molecule has 24 heavy (non-hydrogen) atoms. The number of aliphatic imine (C=N–C) groups is 1. The third kappa shape index (κ3) is 6.36. The van der Waals surface area contributed by atoms with E-state index in [9.17, 15) is 12.8 Å². The summed E-state index contributed by atoms with van der Waals surface area (Å²) >= 11 is 1.66. The monoisotopic (exact) mass is 483 g/mol. The summed E-state index contributed by atoms with van der Waals surface area (Å²) in [5, 5.41) is 4.92. The van der Waals surface area contributed by atoms with E-state index in [0.717, 1.165) is 12.5 Å². The zero-order valence-electron chi connectivity index (χ0n) is 12.8. The van der Waals surface area contributed by atoms with Crippen LogP contribution in [0.4, 0.5) is 4.39 Å². The minimum atomic E-state index is -3.71. The first-order valence-electron chi connectivity index (χ1n) is 7.02. The van der Waals surface area contributed by atoms with Crippen molar-refractivity contribution in [3.05, 3.63) is 52.5 Å². The molecule has 3 N–H and O–H groups in total. The fraction of sp³-hybridized carbons (Fsp3) is 0.267. The van der Waals surface area contributed by atoms with Crippen molar-refractivity contribution in [3.63, 3.8) is 0 Å². The summed E-state index contributed by atoms with van der Waals surface area (Å²) in [7, 11) is -3.71. The van der Waals surface area contributed by atoms with E-state index < -0.39 is 15.7 Å². The summed E-state index contributed by atoms with van der Waals surface area (Å²) in [6, 6.07) is 9.31. The molecule has 0 aliphatic rings. The third-order valence-electron chi connectivity index (χ3n) is 3.07. The Morgan fingerprint density at radius 3 is 2.67 bits per heavy atom. The van der Waals surface area contributed by atoms with Gasteiger partial charge in [-0.3, -0.25) is 4.99 Å². The Morgan fingerprint density at radius 2 is 2.00 bits per heavy atom. The molecule has 0 fully saturated rings. The molecule has 0 unspecified atom stereocenters. The number of rotatable bonds is 7. The number of nitrogens with zero attached hydrogens (tertiary/aromatic N) is 1. The molecule has 132 valence electrons.